The zero-order valence-electron chi connectivity index (χ0n) is 9.00. The molecule has 0 amide bonds. The van der Waals surface area contributed by atoms with Gasteiger partial charge in [-0.2, -0.15) is 0 Å². The minimum Gasteiger partial charge on any atom is -0.207 e. The van der Waals surface area contributed by atoms with Gasteiger partial charge in [0.15, 0.2) is 0 Å². The van der Waals surface area contributed by atoms with Crippen molar-refractivity contribution in [1.82, 2.24) is 4.72 Å². The van der Waals surface area contributed by atoms with Crippen LogP contribution in [-0.4, -0.2) is 19.8 Å². The van der Waals surface area contributed by atoms with Gasteiger partial charge < -0.3 is 0 Å². The van der Waals surface area contributed by atoms with Crippen molar-refractivity contribution in [3.63, 3.8) is 0 Å². The fraction of sp³-hybridized carbons (Fsp3) is 0.400. The number of halogens is 2. The third-order valence-electron chi connectivity index (χ3n) is 1.85. The van der Waals surface area contributed by atoms with Gasteiger partial charge in [-0.25, -0.2) is 13.1 Å². The first kappa shape index (κ1) is 14.0. The van der Waals surface area contributed by atoms with E-state index in [1.54, 1.807) is 32.0 Å². The van der Waals surface area contributed by atoms with E-state index in [1.165, 1.54) is 6.07 Å². The van der Waals surface area contributed by atoms with Crippen LogP contribution >= 0.6 is 27.5 Å². The molecule has 3 nitrogen and oxygen atoms in total. The summed E-state index contributed by atoms with van der Waals surface area (Å²) in [5, 5.41) is 0. The second-order valence-electron chi connectivity index (χ2n) is 4.08. The molecule has 0 heterocycles. The van der Waals surface area contributed by atoms with E-state index in [0.29, 0.717) is 0 Å². The highest BCUT2D eigenvalue weighted by Crippen LogP contribution is 2.18. The first-order valence-corrected chi connectivity index (χ1v) is 7.43. The molecule has 0 bridgehead atoms. The normalized spacial score (nSPS) is 12.8. The van der Waals surface area contributed by atoms with E-state index >= 15 is 0 Å². The summed E-state index contributed by atoms with van der Waals surface area (Å²) >= 11 is 8.91. The van der Waals surface area contributed by atoms with Gasteiger partial charge in [-0.1, -0.05) is 22.0 Å². The Balaban J connectivity index is 3.04. The maximum Gasteiger partial charge on any atom is 0.241 e. The number of rotatable bonds is 4. The Bertz CT molecular complexity index is 473. The fourth-order valence-corrected chi connectivity index (χ4v) is 3.24. The minimum atomic E-state index is -3.52. The maximum atomic E-state index is 12.0. The number of hydrogen-bond donors (Lipinski definition) is 1. The number of hydrogen-bond acceptors (Lipinski definition) is 2. The molecule has 0 spiro atoms. The van der Waals surface area contributed by atoms with Crippen molar-refractivity contribution in [3.8, 4) is 0 Å². The summed E-state index contributed by atoms with van der Waals surface area (Å²) in [4.78, 5) is 0.222. The summed E-state index contributed by atoms with van der Waals surface area (Å²) in [7, 11) is -3.52. The second-order valence-corrected chi connectivity index (χ2v) is 6.95. The molecule has 0 aliphatic rings. The summed E-state index contributed by atoms with van der Waals surface area (Å²) in [5.74, 6) is 0.209. The molecule has 0 aliphatic heterocycles. The van der Waals surface area contributed by atoms with Crippen molar-refractivity contribution in [2.45, 2.75) is 24.3 Å². The highest BCUT2D eigenvalue weighted by molar-refractivity contribution is 9.10. The summed E-state index contributed by atoms with van der Waals surface area (Å²) in [6, 6.07) is 6.53. The molecule has 1 aromatic carbocycles. The van der Waals surface area contributed by atoms with Crippen molar-refractivity contribution < 1.29 is 8.42 Å². The van der Waals surface area contributed by atoms with E-state index in [9.17, 15) is 8.42 Å². The average Bonchev–Trinajstić information content (AvgIpc) is 2.16. The Morgan fingerprint density at radius 3 is 2.56 bits per heavy atom. The highest BCUT2D eigenvalue weighted by Gasteiger charge is 2.25. The van der Waals surface area contributed by atoms with Crippen molar-refractivity contribution in [1.29, 1.82) is 0 Å². The lowest BCUT2D eigenvalue weighted by atomic mass is 10.1. The Morgan fingerprint density at radius 2 is 2.06 bits per heavy atom. The Morgan fingerprint density at radius 1 is 1.44 bits per heavy atom. The largest absolute Gasteiger partial charge is 0.241 e. The first-order chi connectivity index (χ1) is 7.27. The van der Waals surface area contributed by atoms with Gasteiger partial charge in [0.1, 0.15) is 0 Å². The van der Waals surface area contributed by atoms with Crippen molar-refractivity contribution in [2.24, 2.45) is 0 Å². The van der Waals surface area contributed by atoms with Gasteiger partial charge in [0.05, 0.1) is 4.90 Å². The zero-order chi connectivity index (χ0) is 12.4. The number of benzene rings is 1. The summed E-state index contributed by atoms with van der Waals surface area (Å²) in [6.45, 7) is 3.46. The van der Waals surface area contributed by atoms with Gasteiger partial charge in [-0.15, -0.1) is 11.6 Å². The Hall–Kier alpha value is -0.100. The van der Waals surface area contributed by atoms with Crippen LogP contribution in [0.15, 0.2) is 33.6 Å². The van der Waals surface area contributed by atoms with Crippen molar-refractivity contribution in [2.75, 3.05) is 5.88 Å². The molecular formula is C10H13BrClNO2S. The Kier molecular flexibility index (Phi) is 4.40. The zero-order valence-corrected chi connectivity index (χ0v) is 12.2. The summed E-state index contributed by atoms with van der Waals surface area (Å²) in [5.41, 5.74) is -0.664. The predicted molar refractivity (Wildman–Crippen MR) is 69.3 cm³/mol. The summed E-state index contributed by atoms with van der Waals surface area (Å²) in [6.07, 6.45) is 0. The number of alkyl halides is 1. The van der Waals surface area contributed by atoms with Gasteiger partial charge in [0, 0.05) is 15.9 Å². The van der Waals surface area contributed by atoms with E-state index < -0.39 is 15.6 Å². The minimum absolute atomic E-state index is 0.209. The number of sulfonamides is 1. The molecule has 16 heavy (non-hydrogen) atoms. The lowest BCUT2D eigenvalue weighted by Gasteiger charge is -2.22. The van der Waals surface area contributed by atoms with E-state index in [4.69, 9.17) is 11.6 Å². The van der Waals surface area contributed by atoms with Gasteiger partial charge in [0.2, 0.25) is 10.0 Å². The van der Waals surface area contributed by atoms with Gasteiger partial charge in [-0.05, 0) is 32.0 Å². The van der Waals surface area contributed by atoms with E-state index in [-0.39, 0.29) is 10.8 Å². The molecule has 0 atom stereocenters. The highest BCUT2D eigenvalue weighted by atomic mass is 79.9. The molecule has 0 aromatic heterocycles. The fourth-order valence-electron chi connectivity index (χ4n) is 1.08. The van der Waals surface area contributed by atoms with E-state index in [0.717, 1.165) is 4.47 Å². The molecule has 0 saturated carbocycles. The van der Waals surface area contributed by atoms with Gasteiger partial charge in [-0.3, -0.25) is 0 Å². The third-order valence-corrected chi connectivity index (χ3v) is 4.71. The van der Waals surface area contributed by atoms with Crippen LogP contribution in [0.1, 0.15) is 13.8 Å². The van der Waals surface area contributed by atoms with Gasteiger partial charge in [0.25, 0.3) is 0 Å². The lowest BCUT2D eigenvalue weighted by Crippen LogP contribution is -2.44. The van der Waals surface area contributed by atoms with E-state index in [2.05, 4.69) is 20.7 Å². The van der Waals surface area contributed by atoms with Crippen molar-refractivity contribution in [3.05, 3.63) is 28.7 Å². The molecule has 90 valence electrons. The quantitative estimate of drug-likeness (QED) is 0.865. The number of nitrogens with one attached hydrogen (secondary N) is 1. The molecule has 0 aliphatic carbocycles. The third kappa shape index (κ3) is 3.73. The van der Waals surface area contributed by atoms with Crippen LogP contribution in [0.2, 0.25) is 0 Å². The van der Waals surface area contributed by atoms with Crippen LogP contribution in [0.3, 0.4) is 0 Å². The topological polar surface area (TPSA) is 46.2 Å². The smallest absolute Gasteiger partial charge is 0.207 e. The molecule has 6 heteroatoms. The molecular weight excluding hydrogens is 314 g/mol. The van der Waals surface area contributed by atoms with Crippen LogP contribution in [0, 0.1) is 0 Å². The standard InChI is InChI=1S/C10H13BrClNO2S/c1-10(2,7-12)13-16(14,15)9-5-3-4-8(11)6-9/h3-6,13H,7H2,1-2H3. The van der Waals surface area contributed by atoms with Crippen LogP contribution < -0.4 is 4.72 Å². The molecule has 0 saturated heterocycles. The summed E-state index contributed by atoms with van der Waals surface area (Å²) < 4.78 is 27.2. The molecule has 0 fully saturated rings. The Labute approximate surface area is 109 Å². The molecule has 1 rings (SSSR count). The van der Waals surface area contributed by atoms with Crippen LogP contribution in [0.5, 0.6) is 0 Å². The van der Waals surface area contributed by atoms with Crippen LogP contribution in [0.25, 0.3) is 0 Å². The second kappa shape index (κ2) is 5.04. The molecule has 0 unspecified atom stereocenters. The van der Waals surface area contributed by atoms with Crippen LogP contribution in [0.4, 0.5) is 0 Å². The monoisotopic (exact) mass is 325 g/mol. The SMILES string of the molecule is CC(C)(CCl)NS(=O)(=O)c1cccc(Br)c1. The average molecular weight is 327 g/mol. The van der Waals surface area contributed by atoms with Crippen molar-refractivity contribution >= 4 is 37.6 Å². The molecule has 0 radical (unpaired) electrons. The predicted octanol–water partition coefficient (Wildman–Crippen LogP) is 2.74. The van der Waals surface area contributed by atoms with Crippen LogP contribution in [-0.2, 0) is 10.0 Å². The molecule has 1 aromatic rings. The van der Waals surface area contributed by atoms with Gasteiger partial charge >= 0.3 is 0 Å². The molecule has 1 N–H and O–H groups in total. The lowest BCUT2D eigenvalue weighted by molar-refractivity contribution is 0.496. The van der Waals surface area contributed by atoms with E-state index in [1.807, 2.05) is 0 Å². The first-order valence-electron chi connectivity index (χ1n) is 4.62. The maximum absolute atomic E-state index is 12.0.